The van der Waals surface area contributed by atoms with Crippen LogP contribution in [0.3, 0.4) is 0 Å². The first kappa shape index (κ1) is 14.0. The number of ether oxygens (including phenoxy) is 1. The van der Waals surface area contributed by atoms with Crippen LogP contribution in [-0.2, 0) is 9.53 Å². The van der Waals surface area contributed by atoms with Crippen molar-refractivity contribution in [3.8, 4) is 0 Å². The molecule has 2 nitrogen and oxygen atoms in total. The maximum atomic E-state index is 13.0. The molecule has 0 saturated heterocycles. The highest BCUT2D eigenvalue weighted by Gasteiger charge is 2.52. The van der Waals surface area contributed by atoms with Crippen molar-refractivity contribution in [2.75, 3.05) is 0 Å². The molecule has 0 aromatic heterocycles. The Hall–Kier alpha value is -1.02. The van der Waals surface area contributed by atoms with Crippen molar-refractivity contribution in [1.29, 1.82) is 0 Å². The molecule has 100 valence electrons. The number of carbonyl (C=O) groups excluding carboxylic acids is 1. The van der Waals surface area contributed by atoms with Gasteiger partial charge in [0.2, 0.25) is 0 Å². The highest BCUT2D eigenvalue weighted by molar-refractivity contribution is 5.75. The second kappa shape index (κ2) is 4.69. The van der Waals surface area contributed by atoms with Gasteiger partial charge in [0.05, 0.1) is 0 Å². The quantitative estimate of drug-likeness (QED) is 0.538. The molecule has 0 aromatic carbocycles. The van der Waals surface area contributed by atoms with E-state index in [0.717, 1.165) is 0 Å². The van der Waals surface area contributed by atoms with E-state index < -0.39 is 49.4 Å². The molecule has 1 saturated carbocycles. The first-order valence-electron chi connectivity index (χ1n) is 4.48. The van der Waals surface area contributed by atoms with Gasteiger partial charge in [-0.05, 0) is 0 Å². The van der Waals surface area contributed by atoms with Gasteiger partial charge in [0.25, 0.3) is 0 Å². The summed E-state index contributed by atoms with van der Waals surface area (Å²) in [6, 6.07) is 0. The van der Waals surface area contributed by atoms with Gasteiger partial charge in [0, 0.05) is 6.42 Å². The Morgan fingerprint density at radius 3 is 1.76 bits per heavy atom. The lowest BCUT2D eigenvalue weighted by molar-refractivity contribution is -0.217. The molecular formula is C8H7F7O2. The van der Waals surface area contributed by atoms with Gasteiger partial charge < -0.3 is 4.74 Å². The zero-order valence-electron chi connectivity index (χ0n) is 8.06. The number of carbonyl (C=O) groups is 1. The van der Waals surface area contributed by atoms with Crippen molar-refractivity contribution >= 4 is 5.97 Å². The van der Waals surface area contributed by atoms with E-state index in [1.165, 1.54) is 0 Å². The van der Waals surface area contributed by atoms with Gasteiger partial charge in [-0.1, -0.05) is 0 Å². The summed E-state index contributed by atoms with van der Waals surface area (Å²) in [5, 5.41) is 0. The predicted octanol–water partition coefficient (Wildman–Crippen LogP) is 2.22. The average molecular weight is 268 g/mol. The fourth-order valence-electron chi connectivity index (χ4n) is 1.38. The molecule has 0 N–H and O–H groups in total. The Kier molecular flexibility index (Phi) is 3.88. The molecular weight excluding hydrogens is 261 g/mol. The lowest BCUT2D eigenvalue weighted by atomic mass is 9.91. The van der Waals surface area contributed by atoms with Crippen LogP contribution < -0.4 is 0 Å². The van der Waals surface area contributed by atoms with E-state index in [0.29, 0.717) is 0 Å². The van der Waals surface area contributed by atoms with Gasteiger partial charge in [-0.2, -0.15) is 13.2 Å². The molecule has 1 aliphatic carbocycles. The normalized spacial score (nSPS) is 38.9. The number of esters is 1. The van der Waals surface area contributed by atoms with Crippen LogP contribution in [0.1, 0.15) is 6.42 Å². The van der Waals surface area contributed by atoms with Crippen molar-refractivity contribution in [2.45, 2.75) is 43.4 Å². The maximum Gasteiger partial charge on any atom is 0.490 e. The molecule has 1 aliphatic rings. The second-order valence-electron chi connectivity index (χ2n) is 3.52. The predicted molar refractivity (Wildman–Crippen MR) is 40.1 cm³/mol. The summed E-state index contributed by atoms with van der Waals surface area (Å²) in [5.74, 6) is -2.88. The lowest BCUT2D eigenvalue weighted by Gasteiger charge is -2.33. The highest BCUT2D eigenvalue weighted by atomic mass is 19.4. The van der Waals surface area contributed by atoms with Gasteiger partial charge in [-0.15, -0.1) is 0 Å². The Bertz CT molecular complexity index is 278. The maximum absolute atomic E-state index is 13.0. The molecule has 0 spiro atoms. The van der Waals surface area contributed by atoms with E-state index in [2.05, 4.69) is 4.74 Å². The van der Waals surface area contributed by atoms with Gasteiger partial charge in [0.1, 0.15) is 12.3 Å². The number of hydrogen-bond acceptors (Lipinski definition) is 2. The third kappa shape index (κ3) is 3.01. The Labute approximate surface area is 90.7 Å². The first-order chi connectivity index (χ1) is 7.64. The Morgan fingerprint density at radius 1 is 1.00 bits per heavy atom. The van der Waals surface area contributed by atoms with Gasteiger partial charge >= 0.3 is 12.1 Å². The summed E-state index contributed by atoms with van der Waals surface area (Å²) < 4.78 is 90.1. The van der Waals surface area contributed by atoms with Crippen LogP contribution in [0.4, 0.5) is 30.7 Å². The van der Waals surface area contributed by atoms with Crippen LogP contribution in [0.2, 0.25) is 0 Å². The molecule has 1 fully saturated rings. The van der Waals surface area contributed by atoms with E-state index in [4.69, 9.17) is 0 Å². The third-order valence-electron chi connectivity index (χ3n) is 2.24. The zero-order chi connectivity index (χ0) is 13.4. The van der Waals surface area contributed by atoms with Crippen LogP contribution in [0.15, 0.2) is 0 Å². The summed E-state index contributed by atoms with van der Waals surface area (Å²) >= 11 is 0. The molecule has 0 aliphatic heterocycles. The smallest absolute Gasteiger partial charge is 0.449 e. The topological polar surface area (TPSA) is 26.3 Å². The second-order valence-corrected chi connectivity index (χ2v) is 3.52. The van der Waals surface area contributed by atoms with E-state index >= 15 is 0 Å². The van der Waals surface area contributed by atoms with Crippen LogP contribution in [0, 0.1) is 0 Å². The lowest BCUT2D eigenvalue weighted by Crippen LogP contribution is -2.52. The molecule has 0 radical (unpaired) electrons. The van der Waals surface area contributed by atoms with Crippen molar-refractivity contribution in [3.05, 3.63) is 0 Å². The largest absolute Gasteiger partial charge is 0.490 e. The first-order valence-corrected chi connectivity index (χ1v) is 4.48. The molecule has 1 rings (SSSR count). The Morgan fingerprint density at radius 2 is 1.41 bits per heavy atom. The standard InChI is InChI=1S/C8H7F7O2/c9-2-1-3(10)5(12)6(4(2)11)17-7(16)8(13,14)15/h2-6H,1H2. The third-order valence-corrected chi connectivity index (χ3v) is 2.24. The van der Waals surface area contributed by atoms with Crippen molar-refractivity contribution in [3.63, 3.8) is 0 Å². The summed E-state index contributed by atoms with van der Waals surface area (Å²) in [6.07, 6.45) is -20.0. The highest BCUT2D eigenvalue weighted by Crippen LogP contribution is 2.32. The number of hydrogen-bond donors (Lipinski definition) is 0. The molecule has 9 heteroatoms. The summed E-state index contributed by atoms with van der Waals surface area (Å²) in [5.41, 5.74) is 0. The number of rotatable bonds is 1. The minimum atomic E-state index is -5.48. The average Bonchev–Trinajstić information content (AvgIpc) is 2.20. The fraction of sp³-hybridized carbons (Fsp3) is 0.875. The molecule has 0 aromatic rings. The van der Waals surface area contributed by atoms with Gasteiger partial charge in [-0.25, -0.2) is 22.4 Å². The molecule has 0 bridgehead atoms. The van der Waals surface area contributed by atoms with E-state index in [1.807, 2.05) is 0 Å². The summed E-state index contributed by atoms with van der Waals surface area (Å²) in [6.45, 7) is 0. The van der Waals surface area contributed by atoms with Gasteiger partial charge in [0.15, 0.2) is 18.4 Å². The van der Waals surface area contributed by atoms with Crippen LogP contribution in [0.25, 0.3) is 0 Å². The Balaban J connectivity index is 2.76. The molecule has 4 unspecified atom stereocenters. The minimum Gasteiger partial charge on any atom is -0.449 e. The minimum absolute atomic E-state index is 1.12. The number of alkyl halides is 7. The van der Waals surface area contributed by atoms with Crippen LogP contribution >= 0.6 is 0 Å². The molecule has 0 amide bonds. The SMILES string of the molecule is O=C(OC1C(F)C(F)CC(F)C1F)C(F)(F)F. The number of halogens is 7. The fourth-order valence-corrected chi connectivity index (χ4v) is 1.38. The molecule has 17 heavy (non-hydrogen) atoms. The van der Waals surface area contributed by atoms with Gasteiger partial charge in [-0.3, -0.25) is 0 Å². The van der Waals surface area contributed by atoms with E-state index in [1.54, 1.807) is 0 Å². The van der Waals surface area contributed by atoms with Crippen LogP contribution in [-0.4, -0.2) is 42.9 Å². The summed E-state index contributed by atoms with van der Waals surface area (Å²) in [4.78, 5) is 10.3. The van der Waals surface area contributed by atoms with Crippen molar-refractivity contribution < 1.29 is 40.3 Å². The monoisotopic (exact) mass is 268 g/mol. The van der Waals surface area contributed by atoms with Crippen molar-refractivity contribution in [1.82, 2.24) is 0 Å². The van der Waals surface area contributed by atoms with Crippen LogP contribution in [0.5, 0.6) is 0 Å². The summed E-state index contributed by atoms with van der Waals surface area (Å²) in [7, 11) is 0. The van der Waals surface area contributed by atoms with E-state index in [-0.39, 0.29) is 0 Å². The van der Waals surface area contributed by atoms with Crippen molar-refractivity contribution in [2.24, 2.45) is 0 Å². The molecule has 0 heterocycles. The zero-order valence-corrected chi connectivity index (χ0v) is 8.06. The molecule has 4 atom stereocenters. The van der Waals surface area contributed by atoms with E-state index in [9.17, 15) is 35.5 Å².